The largest absolute Gasteiger partial charge is 0.493 e. The first kappa shape index (κ1) is 7.90. The predicted molar refractivity (Wildman–Crippen MR) is 48.7 cm³/mol. The molecule has 1 aromatic rings. The average Bonchev–Trinajstić information content (AvgIpc) is 2.49. The number of rotatable bonds is 1. The fourth-order valence-corrected chi connectivity index (χ4v) is 1.82. The Hall–Kier alpha value is -0.730. The number of fused-ring (bicyclic) bond motifs is 1. The summed E-state index contributed by atoms with van der Waals surface area (Å²) in [5.74, 6) is 1.16. The number of halogens is 1. The first-order chi connectivity index (χ1) is 5.83. The highest BCUT2D eigenvalue weighted by Gasteiger charge is 2.24. The van der Waals surface area contributed by atoms with E-state index in [0.29, 0.717) is 13.2 Å². The van der Waals surface area contributed by atoms with Crippen LogP contribution in [0.5, 0.6) is 5.75 Å². The van der Waals surface area contributed by atoms with Gasteiger partial charge in [0.25, 0.3) is 0 Å². The van der Waals surface area contributed by atoms with E-state index in [2.05, 4.69) is 0 Å². The molecule has 2 rings (SSSR count). The highest BCUT2D eigenvalue weighted by molar-refractivity contribution is 6.31. The maximum absolute atomic E-state index is 6.01. The molecule has 12 heavy (non-hydrogen) atoms. The zero-order valence-electron chi connectivity index (χ0n) is 6.59. The summed E-state index contributed by atoms with van der Waals surface area (Å²) in [5, 5.41) is 0.764. The summed E-state index contributed by atoms with van der Waals surface area (Å²) in [5.41, 5.74) is 6.65. The minimum atomic E-state index is 0.272. The molecule has 0 saturated heterocycles. The van der Waals surface area contributed by atoms with E-state index in [9.17, 15) is 0 Å². The van der Waals surface area contributed by atoms with Crippen LogP contribution in [0.3, 0.4) is 0 Å². The van der Waals surface area contributed by atoms with Crippen LogP contribution in [0.15, 0.2) is 18.2 Å². The fourth-order valence-electron chi connectivity index (χ4n) is 1.50. The summed E-state index contributed by atoms with van der Waals surface area (Å²) in [6, 6.07) is 5.69. The van der Waals surface area contributed by atoms with Gasteiger partial charge in [-0.2, -0.15) is 0 Å². The fraction of sp³-hybridized carbons (Fsp3) is 0.333. The second-order valence-corrected chi connectivity index (χ2v) is 3.30. The van der Waals surface area contributed by atoms with Crippen LogP contribution in [-0.4, -0.2) is 13.2 Å². The Morgan fingerprint density at radius 2 is 2.42 bits per heavy atom. The van der Waals surface area contributed by atoms with Crippen LogP contribution in [0.25, 0.3) is 0 Å². The standard InChI is InChI=1S/C9H10ClNO/c10-7-2-1-3-8-9(7)6(4-11)5-12-8/h1-3,6H,4-5,11H2. The number of hydrogen-bond donors (Lipinski definition) is 1. The summed E-state index contributed by atoms with van der Waals surface area (Å²) in [6.07, 6.45) is 0. The highest BCUT2D eigenvalue weighted by atomic mass is 35.5. The van der Waals surface area contributed by atoms with E-state index in [1.165, 1.54) is 0 Å². The quantitative estimate of drug-likeness (QED) is 0.721. The topological polar surface area (TPSA) is 35.2 Å². The molecule has 1 heterocycles. The third kappa shape index (κ3) is 1.08. The maximum atomic E-state index is 6.01. The lowest BCUT2D eigenvalue weighted by atomic mass is 10.0. The molecular formula is C9H10ClNO. The molecule has 1 atom stereocenters. The molecule has 2 nitrogen and oxygen atoms in total. The molecule has 0 fully saturated rings. The Morgan fingerprint density at radius 1 is 1.58 bits per heavy atom. The molecule has 0 amide bonds. The third-order valence-corrected chi connectivity index (χ3v) is 2.48. The van der Waals surface area contributed by atoms with E-state index < -0.39 is 0 Å². The molecule has 0 spiro atoms. The van der Waals surface area contributed by atoms with Gasteiger partial charge in [0.15, 0.2) is 0 Å². The van der Waals surface area contributed by atoms with Crippen LogP contribution >= 0.6 is 11.6 Å². The van der Waals surface area contributed by atoms with Crippen LogP contribution in [0.1, 0.15) is 11.5 Å². The average molecular weight is 184 g/mol. The summed E-state index contributed by atoms with van der Waals surface area (Å²) in [6.45, 7) is 1.26. The molecule has 64 valence electrons. The Morgan fingerprint density at radius 3 is 3.17 bits per heavy atom. The van der Waals surface area contributed by atoms with Crippen molar-refractivity contribution in [3.63, 3.8) is 0 Å². The lowest BCUT2D eigenvalue weighted by Crippen LogP contribution is -2.13. The number of ether oxygens (including phenoxy) is 1. The van der Waals surface area contributed by atoms with Crippen molar-refractivity contribution in [2.75, 3.05) is 13.2 Å². The van der Waals surface area contributed by atoms with Gasteiger partial charge in [0.2, 0.25) is 0 Å². The highest BCUT2D eigenvalue weighted by Crippen LogP contribution is 2.37. The van der Waals surface area contributed by atoms with Gasteiger partial charge in [-0.1, -0.05) is 17.7 Å². The molecule has 1 aromatic carbocycles. The normalized spacial score (nSPS) is 20.3. The van der Waals surface area contributed by atoms with Gasteiger partial charge in [-0.05, 0) is 12.1 Å². The monoisotopic (exact) mass is 183 g/mol. The molecular weight excluding hydrogens is 174 g/mol. The molecule has 3 heteroatoms. The second-order valence-electron chi connectivity index (χ2n) is 2.90. The number of benzene rings is 1. The Labute approximate surface area is 76.3 Å². The van der Waals surface area contributed by atoms with E-state index >= 15 is 0 Å². The van der Waals surface area contributed by atoms with Gasteiger partial charge >= 0.3 is 0 Å². The van der Waals surface area contributed by atoms with Gasteiger partial charge < -0.3 is 10.5 Å². The van der Waals surface area contributed by atoms with Crippen molar-refractivity contribution < 1.29 is 4.74 Å². The van der Waals surface area contributed by atoms with E-state index in [1.54, 1.807) is 0 Å². The molecule has 0 aromatic heterocycles. The molecule has 2 N–H and O–H groups in total. The summed E-state index contributed by atoms with van der Waals surface area (Å²) >= 11 is 6.01. The minimum Gasteiger partial charge on any atom is -0.493 e. The van der Waals surface area contributed by atoms with Crippen LogP contribution in [-0.2, 0) is 0 Å². The van der Waals surface area contributed by atoms with Gasteiger partial charge in [0.05, 0.1) is 6.61 Å². The zero-order chi connectivity index (χ0) is 8.55. The smallest absolute Gasteiger partial charge is 0.124 e. The summed E-state index contributed by atoms with van der Waals surface area (Å²) in [4.78, 5) is 0. The van der Waals surface area contributed by atoms with Crippen LogP contribution in [0.2, 0.25) is 5.02 Å². The van der Waals surface area contributed by atoms with Crippen molar-refractivity contribution in [1.29, 1.82) is 0 Å². The van der Waals surface area contributed by atoms with Crippen molar-refractivity contribution in [3.05, 3.63) is 28.8 Å². The van der Waals surface area contributed by atoms with E-state index in [1.807, 2.05) is 18.2 Å². The van der Waals surface area contributed by atoms with Crippen LogP contribution in [0, 0.1) is 0 Å². The van der Waals surface area contributed by atoms with E-state index in [-0.39, 0.29) is 5.92 Å². The lowest BCUT2D eigenvalue weighted by Gasteiger charge is -2.05. The molecule has 0 saturated carbocycles. The van der Waals surface area contributed by atoms with Crippen molar-refractivity contribution >= 4 is 11.6 Å². The summed E-state index contributed by atoms with van der Waals surface area (Å²) < 4.78 is 5.42. The second kappa shape index (κ2) is 2.96. The molecule has 0 aliphatic carbocycles. The lowest BCUT2D eigenvalue weighted by molar-refractivity contribution is 0.333. The van der Waals surface area contributed by atoms with Crippen molar-refractivity contribution in [1.82, 2.24) is 0 Å². The molecule has 0 radical (unpaired) electrons. The van der Waals surface area contributed by atoms with Crippen molar-refractivity contribution in [3.8, 4) is 5.75 Å². The minimum absolute atomic E-state index is 0.272. The molecule has 0 bridgehead atoms. The Bertz CT molecular complexity index is 301. The van der Waals surface area contributed by atoms with Gasteiger partial charge in [0, 0.05) is 23.0 Å². The van der Waals surface area contributed by atoms with Gasteiger partial charge in [0.1, 0.15) is 5.75 Å². The third-order valence-electron chi connectivity index (χ3n) is 2.15. The van der Waals surface area contributed by atoms with Crippen LogP contribution in [0.4, 0.5) is 0 Å². The van der Waals surface area contributed by atoms with Crippen molar-refractivity contribution in [2.45, 2.75) is 5.92 Å². The van der Waals surface area contributed by atoms with Crippen molar-refractivity contribution in [2.24, 2.45) is 5.73 Å². The van der Waals surface area contributed by atoms with E-state index in [0.717, 1.165) is 16.3 Å². The zero-order valence-corrected chi connectivity index (χ0v) is 7.34. The number of nitrogens with two attached hydrogens (primary N) is 1. The summed E-state index contributed by atoms with van der Waals surface area (Å²) in [7, 11) is 0. The van der Waals surface area contributed by atoms with Crippen LogP contribution < -0.4 is 10.5 Å². The Kier molecular flexibility index (Phi) is 1.95. The van der Waals surface area contributed by atoms with Gasteiger partial charge in [-0.25, -0.2) is 0 Å². The van der Waals surface area contributed by atoms with Gasteiger partial charge in [-0.3, -0.25) is 0 Å². The van der Waals surface area contributed by atoms with Gasteiger partial charge in [-0.15, -0.1) is 0 Å². The first-order valence-corrected chi connectivity index (χ1v) is 4.32. The first-order valence-electron chi connectivity index (χ1n) is 3.94. The SMILES string of the molecule is NCC1COc2cccc(Cl)c21. The Balaban J connectivity index is 2.48. The predicted octanol–water partition coefficient (Wildman–Crippen LogP) is 1.77. The molecule has 1 unspecified atom stereocenters. The van der Waals surface area contributed by atoms with E-state index in [4.69, 9.17) is 22.1 Å². The molecule has 1 aliphatic heterocycles. The molecule has 1 aliphatic rings. The number of hydrogen-bond acceptors (Lipinski definition) is 2. The maximum Gasteiger partial charge on any atom is 0.124 e.